The number of anilines is 1. The molecule has 5 nitrogen and oxygen atoms in total. The topological polar surface area (TPSA) is 66.9 Å². The minimum absolute atomic E-state index is 0.133. The quantitative estimate of drug-likeness (QED) is 0.899. The molecule has 1 fully saturated rings. The van der Waals surface area contributed by atoms with E-state index in [2.05, 4.69) is 20.8 Å². The molecule has 0 bridgehead atoms. The smallest absolute Gasteiger partial charge is 0.321 e. The van der Waals surface area contributed by atoms with E-state index in [-0.39, 0.29) is 17.9 Å². The number of carbonyl (C=O) groups is 1. The van der Waals surface area contributed by atoms with Crippen LogP contribution in [0.5, 0.6) is 0 Å². The van der Waals surface area contributed by atoms with Crippen molar-refractivity contribution in [3.8, 4) is 0 Å². The van der Waals surface area contributed by atoms with Gasteiger partial charge in [-0.2, -0.15) is 0 Å². The van der Waals surface area contributed by atoms with Crippen LogP contribution in [0.2, 0.25) is 0 Å². The fourth-order valence-electron chi connectivity index (χ4n) is 3.04. The molecule has 23 heavy (non-hydrogen) atoms. The standard InChI is InChI=1S/C16H19FN4OS/c1-10-20-21-16(23-10)19-15(22)18-14-4-2-3-12(14)9-11-5-7-13(17)8-6-11/h5-8,12,14H,2-4,9H2,1H3,(H2,18,19,21,22)/t12-,14-/m0/s1. The Labute approximate surface area is 138 Å². The molecular formula is C16H19FN4OS. The minimum atomic E-state index is -0.239. The van der Waals surface area contributed by atoms with Gasteiger partial charge in [-0.3, -0.25) is 5.32 Å². The first kappa shape index (κ1) is 15.9. The molecule has 1 aliphatic rings. The number of aromatic nitrogens is 2. The molecule has 2 aromatic rings. The van der Waals surface area contributed by atoms with E-state index >= 15 is 0 Å². The van der Waals surface area contributed by atoms with Crippen LogP contribution in [0.25, 0.3) is 0 Å². The first-order valence-electron chi connectivity index (χ1n) is 7.72. The lowest BCUT2D eigenvalue weighted by atomic mass is 9.94. The Morgan fingerprint density at radius 2 is 2.09 bits per heavy atom. The first-order valence-corrected chi connectivity index (χ1v) is 8.54. The van der Waals surface area contributed by atoms with E-state index in [0.29, 0.717) is 11.0 Å². The fraction of sp³-hybridized carbons (Fsp3) is 0.438. The Bertz CT molecular complexity index is 673. The van der Waals surface area contributed by atoms with Crippen molar-refractivity contribution in [2.75, 3.05) is 5.32 Å². The number of rotatable bonds is 4. The Balaban J connectivity index is 1.56. The van der Waals surface area contributed by atoms with E-state index in [4.69, 9.17) is 0 Å². The summed E-state index contributed by atoms with van der Waals surface area (Å²) in [6.07, 6.45) is 3.98. The zero-order valence-electron chi connectivity index (χ0n) is 12.9. The van der Waals surface area contributed by atoms with Crippen LogP contribution in [0.15, 0.2) is 24.3 Å². The van der Waals surface area contributed by atoms with Crippen molar-refractivity contribution in [3.63, 3.8) is 0 Å². The fourth-order valence-corrected chi connectivity index (χ4v) is 3.63. The third-order valence-electron chi connectivity index (χ3n) is 4.13. The van der Waals surface area contributed by atoms with Gasteiger partial charge in [0.15, 0.2) is 0 Å². The van der Waals surface area contributed by atoms with Crippen molar-refractivity contribution >= 4 is 22.5 Å². The van der Waals surface area contributed by atoms with Gasteiger partial charge in [0.05, 0.1) is 0 Å². The van der Waals surface area contributed by atoms with Gasteiger partial charge >= 0.3 is 6.03 Å². The van der Waals surface area contributed by atoms with Gasteiger partial charge in [-0.15, -0.1) is 10.2 Å². The molecule has 3 rings (SSSR count). The lowest BCUT2D eigenvalue weighted by Gasteiger charge is -2.21. The number of halogens is 1. The van der Waals surface area contributed by atoms with Gasteiger partial charge < -0.3 is 5.32 Å². The Morgan fingerprint density at radius 1 is 1.30 bits per heavy atom. The van der Waals surface area contributed by atoms with Crippen molar-refractivity contribution in [3.05, 3.63) is 40.7 Å². The molecule has 1 heterocycles. The van der Waals surface area contributed by atoms with Crippen molar-refractivity contribution in [1.29, 1.82) is 0 Å². The van der Waals surface area contributed by atoms with Crippen LogP contribution in [0.3, 0.4) is 0 Å². The van der Waals surface area contributed by atoms with E-state index in [9.17, 15) is 9.18 Å². The molecule has 0 spiro atoms. The maximum absolute atomic E-state index is 13.0. The van der Waals surface area contributed by atoms with Gasteiger partial charge in [-0.25, -0.2) is 9.18 Å². The summed E-state index contributed by atoms with van der Waals surface area (Å²) < 4.78 is 13.0. The van der Waals surface area contributed by atoms with Crippen LogP contribution in [0.4, 0.5) is 14.3 Å². The number of hydrogen-bond donors (Lipinski definition) is 2. The predicted molar refractivity (Wildman–Crippen MR) is 88.0 cm³/mol. The molecule has 0 aliphatic heterocycles. The monoisotopic (exact) mass is 334 g/mol. The molecule has 2 amide bonds. The van der Waals surface area contributed by atoms with Gasteiger partial charge in [0.2, 0.25) is 5.13 Å². The normalized spacial score (nSPS) is 20.4. The highest BCUT2D eigenvalue weighted by Crippen LogP contribution is 2.29. The molecule has 1 aromatic carbocycles. The van der Waals surface area contributed by atoms with Gasteiger partial charge in [0, 0.05) is 6.04 Å². The number of nitrogens with one attached hydrogen (secondary N) is 2. The molecular weight excluding hydrogens is 315 g/mol. The van der Waals surface area contributed by atoms with Gasteiger partial charge in [0.25, 0.3) is 0 Å². The number of nitrogens with zero attached hydrogens (tertiary/aromatic N) is 2. The maximum atomic E-state index is 13.0. The summed E-state index contributed by atoms with van der Waals surface area (Å²) in [6, 6.07) is 6.49. The van der Waals surface area contributed by atoms with E-state index in [1.807, 2.05) is 19.1 Å². The Hall–Kier alpha value is -2.02. The van der Waals surface area contributed by atoms with E-state index < -0.39 is 0 Å². The third kappa shape index (κ3) is 4.25. The van der Waals surface area contributed by atoms with E-state index in [0.717, 1.165) is 36.3 Å². The summed E-state index contributed by atoms with van der Waals surface area (Å²) in [6.45, 7) is 1.84. The second-order valence-corrected chi connectivity index (χ2v) is 7.03. The van der Waals surface area contributed by atoms with Crippen molar-refractivity contribution in [2.45, 2.75) is 38.6 Å². The van der Waals surface area contributed by atoms with Crippen LogP contribution in [-0.4, -0.2) is 22.3 Å². The van der Waals surface area contributed by atoms with E-state index in [1.54, 1.807) is 0 Å². The summed E-state index contributed by atoms with van der Waals surface area (Å²) in [4.78, 5) is 12.1. The molecule has 1 saturated carbocycles. The van der Waals surface area contributed by atoms with Crippen molar-refractivity contribution < 1.29 is 9.18 Å². The highest BCUT2D eigenvalue weighted by atomic mass is 32.1. The molecule has 122 valence electrons. The number of urea groups is 1. The van der Waals surface area contributed by atoms with E-state index in [1.165, 1.54) is 23.5 Å². The Morgan fingerprint density at radius 3 is 2.78 bits per heavy atom. The first-order chi connectivity index (χ1) is 11.1. The Kier molecular flexibility index (Phi) is 4.85. The van der Waals surface area contributed by atoms with Crippen molar-refractivity contribution in [2.24, 2.45) is 5.92 Å². The van der Waals surface area contributed by atoms with Gasteiger partial charge in [0.1, 0.15) is 10.8 Å². The molecule has 0 saturated heterocycles. The number of hydrogen-bond acceptors (Lipinski definition) is 4. The molecule has 0 unspecified atom stereocenters. The third-order valence-corrected chi connectivity index (χ3v) is 4.89. The van der Waals surface area contributed by atoms with Crippen LogP contribution in [-0.2, 0) is 6.42 Å². The summed E-state index contributed by atoms with van der Waals surface area (Å²) in [7, 11) is 0. The number of benzene rings is 1. The second kappa shape index (κ2) is 7.04. The molecule has 1 aromatic heterocycles. The van der Waals surface area contributed by atoms with Gasteiger partial charge in [-0.1, -0.05) is 29.9 Å². The number of amides is 2. The predicted octanol–water partition coefficient (Wildman–Crippen LogP) is 3.52. The second-order valence-electron chi connectivity index (χ2n) is 5.85. The minimum Gasteiger partial charge on any atom is -0.335 e. The number of aryl methyl sites for hydroxylation is 1. The highest BCUT2D eigenvalue weighted by Gasteiger charge is 2.28. The van der Waals surface area contributed by atoms with Gasteiger partial charge in [-0.05, 0) is 49.8 Å². The molecule has 0 radical (unpaired) electrons. The van der Waals surface area contributed by atoms with Crippen molar-refractivity contribution in [1.82, 2.24) is 15.5 Å². The molecule has 1 aliphatic carbocycles. The van der Waals surface area contributed by atoms with Crippen LogP contribution in [0.1, 0.15) is 29.8 Å². The summed E-state index contributed by atoms with van der Waals surface area (Å²) in [5, 5.41) is 14.8. The lowest BCUT2D eigenvalue weighted by Crippen LogP contribution is -2.40. The largest absolute Gasteiger partial charge is 0.335 e. The molecule has 2 N–H and O–H groups in total. The maximum Gasteiger partial charge on any atom is 0.321 e. The molecule has 2 atom stereocenters. The summed E-state index contributed by atoms with van der Waals surface area (Å²) >= 11 is 1.35. The number of carbonyl (C=O) groups excluding carboxylic acids is 1. The average Bonchev–Trinajstić information content (AvgIpc) is 3.11. The van der Waals surface area contributed by atoms with Crippen LogP contribution >= 0.6 is 11.3 Å². The highest BCUT2D eigenvalue weighted by molar-refractivity contribution is 7.15. The lowest BCUT2D eigenvalue weighted by molar-refractivity contribution is 0.245. The zero-order valence-corrected chi connectivity index (χ0v) is 13.7. The van der Waals surface area contributed by atoms with Crippen LogP contribution < -0.4 is 10.6 Å². The van der Waals surface area contributed by atoms with Crippen LogP contribution in [0, 0.1) is 18.7 Å². The summed E-state index contributed by atoms with van der Waals surface area (Å²) in [5.41, 5.74) is 1.10. The summed E-state index contributed by atoms with van der Waals surface area (Å²) in [5.74, 6) is 0.156. The zero-order chi connectivity index (χ0) is 16.2. The molecule has 7 heteroatoms. The SMILES string of the molecule is Cc1nnc(NC(=O)N[C@H]2CCC[C@H]2Cc2ccc(F)cc2)s1. The average molecular weight is 334 g/mol.